The Labute approximate surface area is 137 Å². The van der Waals surface area contributed by atoms with Crippen molar-refractivity contribution in [2.24, 2.45) is 0 Å². The topological polar surface area (TPSA) is 56.3 Å². The molecule has 2 aromatic rings. The van der Waals surface area contributed by atoms with E-state index in [-0.39, 0.29) is 24.0 Å². The molecule has 0 saturated heterocycles. The lowest BCUT2D eigenvalue weighted by atomic mass is 10.3. The summed E-state index contributed by atoms with van der Waals surface area (Å²) in [5.74, 6) is 0.998. The standard InChI is InChI=1S/C13H12ClF2N3O2.ClH/c1-20-11-8(6-14)7-17-13(19-11)18-9-2-4-10(5-3-9)21-12(15)16;/h2-5,7,12H,6H2,1H3,(H,17,18,19);1H. The molecule has 0 atom stereocenters. The molecular weight excluding hydrogens is 339 g/mol. The smallest absolute Gasteiger partial charge is 0.387 e. The third-order valence-electron chi connectivity index (χ3n) is 2.50. The molecule has 120 valence electrons. The molecule has 9 heteroatoms. The molecule has 22 heavy (non-hydrogen) atoms. The van der Waals surface area contributed by atoms with E-state index in [1.165, 1.54) is 19.2 Å². The van der Waals surface area contributed by atoms with Crippen LogP contribution in [0.1, 0.15) is 5.56 Å². The highest BCUT2D eigenvalue weighted by Crippen LogP contribution is 2.22. The largest absolute Gasteiger partial charge is 0.481 e. The average Bonchev–Trinajstić information content (AvgIpc) is 2.48. The van der Waals surface area contributed by atoms with Gasteiger partial charge in [0.2, 0.25) is 11.8 Å². The van der Waals surface area contributed by atoms with Crippen molar-refractivity contribution in [3.63, 3.8) is 0 Å². The molecule has 0 spiro atoms. The summed E-state index contributed by atoms with van der Waals surface area (Å²) in [7, 11) is 1.48. The molecule has 0 unspecified atom stereocenters. The molecule has 1 aromatic carbocycles. The van der Waals surface area contributed by atoms with Crippen LogP contribution in [0.15, 0.2) is 30.5 Å². The predicted molar refractivity (Wildman–Crippen MR) is 81.7 cm³/mol. The van der Waals surface area contributed by atoms with Crippen LogP contribution in [0.5, 0.6) is 11.6 Å². The van der Waals surface area contributed by atoms with E-state index in [2.05, 4.69) is 20.0 Å². The Morgan fingerprint density at radius 1 is 1.27 bits per heavy atom. The Kier molecular flexibility index (Phi) is 7.07. The monoisotopic (exact) mass is 351 g/mol. The molecule has 1 N–H and O–H groups in total. The Hall–Kier alpha value is -1.86. The minimum Gasteiger partial charge on any atom is -0.481 e. The van der Waals surface area contributed by atoms with Gasteiger partial charge in [0.1, 0.15) is 5.75 Å². The number of hydrogen-bond donors (Lipinski definition) is 1. The molecule has 0 bridgehead atoms. The van der Waals surface area contributed by atoms with Crippen molar-refractivity contribution in [1.82, 2.24) is 9.97 Å². The van der Waals surface area contributed by atoms with Crippen LogP contribution in [0.2, 0.25) is 0 Å². The van der Waals surface area contributed by atoms with Crippen molar-refractivity contribution in [3.8, 4) is 11.6 Å². The zero-order valence-electron chi connectivity index (χ0n) is 11.4. The summed E-state index contributed by atoms with van der Waals surface area (Å²) in [6.07, 6.45) is 1.55. The number of aromatic nitrogens is 2. The SMILES string of the molecule is COc1nc(Nc2ccc(OC(F)F)cc2)ncc1CCl.Cl. The van der Waals surface area contributed by atoms with Gasteiger partial charge in [0, 0.05) is 17.4 Å². The van der Waals surface area contributed by atoms with Crippen LogP contribution in [0.4, 0.5) is 20.4 Å². The van der Waals surface area contributed by atoms with E-state index in [4.69, 9.17) is 16.3 Å². The predicted octanol–water partition coefficient (Wildman–Crippen LogP) is 3.99. The summed E-state index contributed by atoms with van der Waals surface area (Å²) in [4.78, 5) is 8.23. The second-order valence-electron chi connectivity index (χ2n) is 3.89. The fourth-order valence-corrected chi connectivity index (χ4v) is 1.75. The van der Waals surface area contributed by atoms with Crippen molar-refractivity contribution in [1.29, 1.82) is 0 Å². The zero-order chi connectivity index (χ0) is 15.2. The molecule has 0 aliphatic heterocycles. The van der Waals surface area contributed by atoms with Gasteiger partial charge in [-0.2, -0.15) is 13.8 Å². The van der Waals surface area contributed by atoms with Gasteiger partial charge in [-0.25, -0.2) is 4.98 Å². The van der Waals surface area contributed by atoms with Gasteiger partial charge in [-0.15, -0.1) is 24.0 Å². The van der Waals surface area contributed by atoms with Gasteiger partial charge in [-0.1, -0.05) is 0 Å². The lowest BCUT2D eigenvalue weighted by Gasteiger charge is -2.09. The number of methoxy groups -OCH3 is 1. The summed E-state index contributed by atoms with van der Waals surface area (Å²) in [6.45, 7) is -2.85. The fraction of sp³-hybridized carbons (Fsp3) is 0.231. The highest BCUT2D eigenvalue weighted by Gasteiger charge is 2.08. The number of alkyl halides is 3. The van der Waals surface area contributed by atoms with Gasteiger partial charge in [-0.05, 0) is 24.3 Å². The maximum Gasteiger partial charge on any atom is 0.387 e. The van der Waals surface area contributed by atoms with Crippen LogP contribution in [-0.4, -0.2) is 23.7 Å². The van der Waals surface area contributed by atoms with E-state index in [9.17, 15) is 8.78 Å². The van der Waals surface area contributed by atoms with Crippen molar-refractivity contribution in [2.45, 2.75) is 12.5 Å². The summed E-state index contributed by atoms with van der Waals surface area (Å²) < 4.78 is 33.4. The molecule has 1 aromatic heterocycles. The summed E-state index contributed by atoms with van der Waals surface area (Å²) in [6, 6.07) is 5.98. The number of anilines is 2. The zero-order valence-corrected chi connectivity index (χ0v) is 13.0. The van der Waals surface area contributed by atoms with E-state index in [0.717, 1.165) is 0 Å². The summed E-state index contributed by atoms with van der Waals surface area (Å²) in [5.41, 5.74) is 1.29. The van der Waals surface area contributed by atoms with Crippen LogP contribution in [-0.2, 0) is 5.88 Å². The van der Waals surface area contributed by atoms with E-state index in [1.54, 1.807) is 18.3 Å². The van der Waals surface area contributed by atoms with Gasteiger partial charge in [0.25, 0.3) is 0 Å². The van der Waals surface area contributed by atoms with Gasteiger partial charge < -0.3 is 14.8 Å². The fourth-order valence-electron chi connectivity index (χ4n) is 1.57. The van der Waals surface area contributed by atoms with Crippen LogP contribution in [0.3, 0.4) is 0 Å². The summed E-state index contributed by atoms with van der Waals surface area (Å²) in [5, 5.41) is 2.92. The normalized spacial score (nSPS) is 10.0. The number of halogens is 4. The van der Waals surface area contributed by atoms with Gasteiger partial charge >= 0.3 is 6.61 Å². The number of benzene rings is 1. The van der Waals surface area contributed by atoms with Crippen molar-refractivity contribution >= 4 is 35.6 Å². The Morgan fingerprint density at radius 3 is 2.50 bits per heavy atom. The van der Waals surface area contributed by atoms with Crippen LogP contribution in [0, 0.1) is 0 Å². The van der Waals surface area contributed by atoms with Gasteiger partial charge in [0.05, 0.1) is 13.0 Å². The molecule has 0 radical (unpaired) electrons. The Morgan fingerprint density at radius 2 is 1.95 bits per heavy atom. The second kappa shape index (κ2) is 8.55. The van der Waals surface area contributed by atoms with Gasteiger partial charge in [0.15, 0.2) is 0 Å². The minimum absolute atomic E-state index is 0. The number of nitrogens with zero attached hydrogens (tertiary/aromatic N) is 2. The van der Waals surface area contributed by atoms with E-state index >= 15 is 0 Å². The number of hydrogen-bond acceptors (Lipinski definition) is 5. The minimum atomic E-state index is -2.85. The maximum atomic E-state index is 12.0. The molecule has 0 fully saturated rings. The molecule has 0 saturated carbocycles. The third-order valence-corrected chi connectivity index (χ3v) is 2.79. The Bertz CT molecular complexity index is 600. The van der Waals surface area contributed by atoms with Crippen LogP contribution in [0.25, 0.3) is 0 Å². The Balaban J connectivity index is 0.00000242. The molecule has 2 rings (SSSR count). The molecule has 0 aliphatic rings. The van der Waals surface area contributed by atoms with Crippen molar-refractivity contribution < 1.29 is 18.3 Å². The van der Waals surface area contributed by atoms with E-state index in [0.29, 0.717) is 23.1 Å². The van der Waals surface area contributed by atoms with Crippen molar-refractivity contribution in [2.75, 3.05) is 12.4 Å². The lowest BCUT2D eigenvalue weighted by molar-refractivity contribution is -0.0498. The number of ether oxygens (including phenoxy) is 2. The number of rotatable bonds is 6. The number of nitrogens with one attached hydrogen (secondary N) is 1. The first-order valence-corrected chi connectivity index (χ1v) is 6.43. The maximum absolute atomic E-state index is 12.0. The molecular formula is C13H13Cl2F2N3O2. The molecule has 5 nitrogen and oxygen atoms in total. The third kappa shape index (κ3) is 4.85. The molecule has 0 aliphatic carbocycles. The second-order valence-corrected chi connectivity index (χ2v) is 4.16. The lowest BCUT2D eigenvalue weighted by Crippen LogP contribution is -2.03. The first-order chi connectivity index (χ1) is 10.1. The molecule has 1 heterocycles. The first-order valence-electron chi connectivity index (χ1n) is 5.90. The van der Waals surface area contributed by atoms with E-state index < -0.39 is 6.61 Å². The van der Waals surface area contributed by atoms with E-state index in [1.807, 2.05) is 0 Å². The summed E-state index contributed by atoms with van der Waals surface area (Å²) >= 11 is 5.73. The van der Waals surface area contributed by atoms with Crippen LogP contribution < -0.4 is 14.8 Å². The first kappa shape index (κ1) is 18.2. The van der Waals surface area contributed by atoms with Crippen molar-refractivity contribution in [3.05, 3.63) is 36.0 Å². The highest BCUT2D eigenvalue weighted by atomic mass is 35.5. The highest BCUT2D eigenvalue weighted by molar-refractivity contribution is 6.17. The van der Waals surface area contributed by atoms with Crippen LogP contribution >= 0.6 is 24.0 Å². The average molecular weight is 352 g/mol. The quantitative estimate of drug-likeness (QED) is 0.797. The van der Waals surface area contributed by atoms with Gasteiger partial charge in [-0.3, -0.25) is 0 Å². The molecule has 0 amide bonds.